The summed E-state index contributed by atoms with van der Waals surface area (Å²) in [5.74, 6) is -3.13. The summed E-state index contributed by atoms with van der Waals surface area (Å²) in [6.45, 7) is 1.59. The summed E-state index contributed by atoms with van der Waals surface area (Å²) in [7, 11) is 0. The van der Waals surface area contributed by atoms with E-state index in [2.05, 4.69) is 21.2 Å². The van der Waals surface area contributed by atoms with Crippen LogP contribution in [-0.4, -0.2) is 22.8 Å². The van der Waals surface area contributed by atoms with Crippen LogP contribution in [0, 0.1) is 11.6 Å². The molecule has 1 aromatic heterocycles. The van der Waals surface area contributed by atoms with Crippen molar-refractivity contribution in [2.75, 3.05) is 5.32 Å². The van der Waals surface area contributed by atoms with Crippen LogP contribution in [0.2, 0.25) is 0 Å². The van der Waals surface area contributed by atoms with Gasteiger partial charge in [-0.15, -0.1) is 0 Å². The number of nitrogens with one attached hydrogen (secondary N) is 3. The molecule has 0 radical (unpaired) electrons. The minimum absolute atomic E-state index is 0.241. The summed E-state index contributed by atoms with van der Waals surface area (Å²) in [6.07, 6.45) is 0. The highest BCUT2D eigenvalue weighted by Gasteiger charge is 2.16. The minimum Gasteiger partial charge on any atom is -0.350 e. The highest BCUT2D eigenvalue weighted by molar-refractivity contribution is 7.22. The van der Waals surface area contributed by atoms with E-state index in [1.165, 1.54) is 11.3 Å². The molecule has 1 unspecified atom stereocenters. The predicted octanol–water partition coefficient (Wildman–Crippen LogP) is 2.84. The van der Waals surface area contributed by atoms with Crippen LogP contribution < -0.4 is 16.2 Å². The van der Waals surface area contributed by atoms with Gasteiger partial charge >= 0.3 is 0 Å². The van der Waals surface area contributed by atoms with E-state index >= 15 is 0 Å². The molecule has 3 N–H and O–H groups in total. The molecule has 0 fully saturated rings. The van der Waals surface area contributed by atoms with Gasteiger partial charge in [0.05, 0.1) is 10.2 Å². The number of benzene rings is 2. The Morgan fingerprint density at radius 1 is 1.08 bits per heavy atom. The monoisotopic (exact) mass is 376 g/mol. The van der Waals surface area contributed by atoms with E-state index in [1.807, 2.05) is 24.3 Å². The van der Waals surface area contributed by atoms with Gasteiger partial charge in [0.2, 0.25) is 0 Å². The topological polar surface area (TPSA) is 83.1 Å². The molecule has 0 saturated heterocycles. The summed E-state index contributed by atoms with van der Waals surface area (Å²) < 4.78 is 27.2. The second kappa shape index (κ2) is 7.44. The fraction of sp³-hybridized carbons (Fsp3) is 0.118. The number of hydrogen-bond acceptors (Lipinski definition) is 5. The maximum Gasteiger partial charge on any atom is 0.269 e. The molecule has 3 rings (SSSR count). The number of amides is 2. The Morgan fingerprint density at radius 3 is 2.46 bits per heavy atom. The Hall–Kier alpha value is -3.07. The predicted molar refractivity (Wildman–Crippen MR) is 94.7 cm³/mol. The van der Waals surface area contributed by atoms with Crippen LogP contribution >= 0.6 is 11.3 Å². The molecule has 2 aromatic carbocycles. The number of hydrazine groups is 1. The molecule has 26 heavy (non-hydrogen) atoms. The number of carbonyl (C=O) groups is 2. The van der Waals surface area contributed by atoms with Crippen molar-refractivity contribution in [1.29, 1.82) is 0 Å². The Balaban J connectivity index is 1.57. The normalized spacial score (nSPS) is 11.8. The lowest BCUT2D eigenvalue weighted by atomic mass is 10.2. The van der Waals surface area contributed by atoms with Crippen molar-refractivity contribution in [3.63, 3.8) is 0 Å². The van der Waals surface area contributed by atoms with E-state index in [4.69, 9.17) is 0 Å². The van der Waals surface area contributed by atoms with Crippen molar-refractivity contribution >= 4 is 38.5 Å². The minimum atomic E-state index is -0.882. The highest BCUT2D eigenvalue weighted by Crippen LogP contribution is 2.25. The third-order valence-corrected chi connectivity index (χ3v) is 4.42. The number of aromatic nitrogens is 1. The largest absolute Gasteiger partial charge is 0.350 e. The molecule has 0 bridgehead atoms. The number of rotatable bonds is 4. The van der Waals surface area contributed by atoms with E-state index in [0.717, 1.165) is 22.3 Å². The summed E-state index contributed by atoms with van der Waals surface area (Å²) in [4.78, 5) is 28.3. The lowest BCUT2D eigenvalue weighted by Crippen LogP contribution is -2.47. The molecule has 0 saturated carbocycles. The van der Waals surface area contributed by atoms with Crippen molar-refractivity contribution < 1.29 is 18.4 Å². The number of halogens is 2. The van der Waals surface area contributed by atoms with Gasteiger partial charge in [0.25, 0.3) is 11.8 Å². The van der Waals surface area contributed by atoms with Crippen LogP contribution in [0.4, 0.5) is 13.9 Å². The van der Waals surface area contributed by atoms with Crippen LogP contribution in [0.1, 0.15) is 17.3 Å². The summed E-state index contributed by atoms with van der Waals surface area (Å²) >= 11 is 1.39. The number of anilines is 1. The zero-order chi connectivity index (χ0) is 18.7. The third kappa shape index (κ3) is 4.12. The van der Waals surface area contributed by atoms with Crippen LogP contribution in [-0.2, 0) is 4.79 Å². The Bertz CT molecular complexity index is 923. The number of nitrogens with zero attached hydrogens (tertiary/aromatic N) is 1. The van der Waals surface area contributed by atoms with Gasteiger partial charge in [-0.25, -0.2) is 13.8 Å². The van der Waals surface area contributed by atoms with Crippen LogP contribution in [0.5, 0.6) is 0 Å². The molecule has 0 aliphatic heterocycles. The average Bonchev–Trinajstić information content (AvgIpc) is 3.00. The van der Waals surface area contributed by atoms with Gasteiger partial charge in [0.1, 0.15) is 17.7 Å². The number of fused-ring (bicyclic) bond motifs is 1. The summed E-state index contributed by atoms with van der Waals surface area (Å²) in [5.41, 5.74) is 4.90. The summed E-state index contributed by atoms with van der Waals surface area (Å²) in [5, 5.41) is 3.50. The third-order valence-electron chi connectivity index (χ3n) is 3.45. The van der Waals surface area contributed by atoms with Gasteiger partial charge in [0.15, 0.2) is 5.13 Å². The standard InChI is InChI=1S/C17H14F2N4O2S/c1-9(20-17-21-13-4-2-3-5-14(13)26-17)15(24)22-23-16(25)10-6-11(18)8-12(19)7-10/h2-9H,1H3,(H,20,21)(H,22,24)(H,23,25). The molecule has 2 amide bonds. The fourth-order valence-corrected chi connectivity index (χ4v) is 3.12. The molecule has 3 aromatic rings. The molecule has 0 aliphatic carbocycles. The number of hydrogen-bond donors (Lipinski definition) is 3. The second-order valence-electron chi connectivity index (χ2n) is 5.45. The maximum absolute atomic E-state index is 13.1. The Kier molecular flexibility index (Phi) is 5.08. The lowest BCUT2D eigenvalue weighted by molar-refractivity contribution is -0.122. The molecule has 6 nitrogen and oxygen atoms in total. The van der Waals surface area contributed by atoms with E-state index in [-0.39, 0.29) is 5.56 Å². The van der Waals surface area contributed by atoms with Gasteiger partial charge < -0.3 is 5.32 Å². The van der Waals surface area contributed by atoms with E-state index in [0.29, 0.717) is 11.2 Å². The van der Waals surface area contributed by atoms with Crippen molar-refractivity contribution in [3.8, 4) is 0 Å². The van der Waals surface area contributed by atoms with Crippen molar-refractivity contribution in [1.82, 2.24) is 15.8 Å². The van der Waals surface area contributed by atoms with E-state index in [1.54, 1.807) is 6.92 Å². The number of carbonyl (C=O) groups excluding carboxylic acids is 2. The Morgan fingerprint density at radius 2 is 1.77 bits per heavy atom. The fourth-order valence-electron chi connectivity index (χ4n) is 2.17. The van der Waals surface area contributed by atoms with Crippen molar-refractivity contribution in [3.05, 3.63) is 59.7 Å². The zero-order valence-corrected chi connectivity index (χ0v) is 14.4. The first-order chi connectivity index (χ1) is 12.4. The van der Waals surface area contributed by atoms with Crippen LogP contribution in [0.3, 0.4) is 0 Å². The molecule has 9 heteroatoms. The van der Waals surface area contributed by atoms with E-state index in [9.17, 15) is 18.4 Å². The van der Waals surface area contributed by atoms with Gasteiger partial charge in [-0.1, -0.05) is 23.5 Å². The molecular weight excluding hydrogens is 362 g/mol. The highest BCUT2D eigenvalue weighted by atomic mass is 32.1. The van der Waals surface area contributed by atoms with Gasteiger partial charge in [-0.2, -0.15) is 0 Å². The lowest BCUT2D eigenvalue weighted by Gasteiger charge is -2.13. The quantitative estimate of drug-likeness (QED) is 0.612. The molecular formula is C17H14F2N4O2S. The number of thiazole rings is 1. The zero-order valence-electron chi connectivity index (χ0n) is 13.5. The number of para-hydroxylation sites is 1. The molecule has 1 atom stereocenters. The van der Waals surface area contributed by atoms with Crippen molar-refractivity contribution in [2.24, 2.45) is 0 Å². The SMILES string of the molecule is CC(Nc1nc2ccccc2s1)C(=O)NNC(=O)c1cc(F)cc(F)c1. The molecule has 134 valence electrons. The molecule has 0 aliphatic rings. The van der Waals surface area contributed by atoms with Crippen molar-refractivity contribution in [2.45, 2.75) is 13.0 Å². The first kappa shape index (κ1) is 17.7. The van der Waals surface area contributed by atoms with E-state index < -0.39 is 29.5 Å². The maximum atomic E-state index is 13.1. The summed E-state index contributed by atoms with van der Waals surface area (Å²) in [6, 6.07) is 9.24. The second-order valence-corrected chi connectivity index (χ2v) is 6.48. The first-order valence-electron chi connectivity index (χ1n) is 7.61. The van der Waals surface area contributed by atoms with Gasteiger partial charge in [-0.05, 0) is 31.2 Å². The van der Waals surface area contributed by atoms with Gasteiger partial charge in [0, 0.05) is 11.6 Å². The molecule has 1 heterocycles. The molecule has 0 spiro atoms. The van der Waals surface area contributed by atoms with Crippen LogP contribution in [0.25, 0.3) is 10.2 Å². The van der Waals surface area contributed by atoms with Gasteiger partial charge in [-0.3, -0.25) is 20.4 Å². The Labute approximate surface area is 151 Å². The first-order valence-corrected chi connectivity index (χ1v) is 8.42. The average molecular weight is 376 g/mol. The van der Waals surface area contributed by atoms with Crippen LogP contribution in [0.15, 0.2) is 42.5 Å². The smallest absolute Gasteiger partial charge is 0.269 e.